The van der Waals surface area contributed by atoms with E-state index in [0.717, 1.165) is 25.4 Å². The predicted molar refractivity (Wildman–Crippen MR) is 53.6 cm³/mol. The molecule has 2 aliphatic carbocycles. The Kier molecular flexibility index (Phi) is 1.45. The Balaban J connectivity index is 1.82. The van der Waals surface area contributed by atoms with E-state index in [1.807, 2.05) is 0 Å². The summed E-state index contributed by atoms with van der Waals surface area (Å²) in [6, 6.07) is 0. The van der Waals surface area contributed by atoms with Crippen LogP contribution in [0.2, 0.25) is 0 Å². The summed E-state index contributed by atoms with van der Waals surface area (Å²) in [4.78, 5) is 14.2. The van der Waals surface area contributed by atoms with Crippen molar-refractivity contribution in [2.24, 2.45) is 5.92 Å². The Morgan fingerprint density at radius 2 is 2.07 bits per heavy atom. The molecule has 0 bridgehead atoms. The number of nitrogens with one attached hydrogen (secondary N) is 1. The lowest BCUT2D eigenvalue weighted by molar-refractivity contribution is -0.134. The first kappa shape index (κ1) is 8.72. The van der Waals surface area contributed by atoms with Gasteiger partial charge in [0.05, 0.1) is 12.2 Å². The molecule has 0 radical (unpaired) electrons. The van der Waals surface area contributed by atoms with Crippen molar-refractivity contribution in [2.45, 2.75) is 50.6 Å². The monoisotopic (exact) mass is 194 g/mol. The molecule has 1 saturated heterocycles. The van der Waals surface area contributed by atoms with Crippen LogP contribution in [0.15, 0.2) is 0 Å². The van der Waals surface area contributed by atoms with Crippen LogP contribution in [-0.2, 0) is 4.79 Å². The van der Waals surface area contributed by atoms with E-state index in [1.165, 1.54) is 12.8 Å². The number of carbonyl (C=O) groups excluding carboxylic acids is 1. The van der Waals surface area contributed by atoms with Gasteiger partial charge in [0.25, 0.3) is 0 Å². The Bertz CT molecular complexity index is 290. The summed E-state index contributed by atoms with van der Waals surface area (Å²) in [5, 5.41) is 3.37. The molecule has 78 valence electrons. The first-order valence-electron chi connectivity index (χ1n) is 5.63. The van der Waals surface area contributed by atoms with E-state index < -0.39 is 0 Å². The Labute approximate surface area is 84.8 Å². The second kappa shape index (κ2) is 2.32. The summed E-state index contributed by atoms with van der Waals surface area (Å²) in [7, 11) is 0. The normalized spacial score (nSPS) is 30.1. The molecule has 1 aliphatic heterocycles. The quantitative estimate of drug-likeness (QED) is 0.714. The van der Waals surface area contributed by atoms with Crippen LogP contribution in [0.1, 0.15) is 39.5 Å². The number of carbonyl (C=O) groups is 1. The lowest BCUT2D eigenvalue weighted by atomic mass is 9.96. The topological polar surface area (TPSA) is 32.3 Å². The van der Waals surface area contributed by atoms with Crippen LogP contribution >= 0.6 is 0 Å². The third-order valence-corrected chi connectivity index (χ3v) is 4.25. The standard InChI is InChI=1S/C11H18N2O/c1-10(2,8-3-4-8)13-7-12-11(5-6-11)9(13)14/h8,12H,3-7H2,1-2H3. The molecule has 0 unspecified atom stereocenters. The molecule has 0 aromatic rings. The summed E-state index contributed by atoms with van der Waals surface area (Å²) in [5.41, 5.74) is -0.0394. The lowest BCUT2D eigenvalue weighted by Gasteiger charge is -2.35. The molecule has 3 fully saturated rings. The average Bonchev–Trinajstić information content (AvgIpc) is 2.98. The third-order valence-electron chi connectivity index (χ3n) is 4.25. The van der Waals surface area contributed by atoms with Gasteiger partial charge in [-0.2, -0.15) is 0 Å². The molecule has 3 rings (SSSR count). The fourth-order valence-electron chi connectivity index (χ4n) is 2.63. The molecule has 0 atom stereocenters. The zero-order chi connectivity index (χ0) is 9.97. The highest BCUT2D eigenvalue weighted by molar-refractivity contribution is 5.91. The van der Waals surface area contributed by atoms with Gasteiger partial charge >= 0.3 is 0 Å². The van der Waals surface area contributed by atoms with Gasteiger partial charge in [0.1, 0.15) is 0 Å². The Morgan fingerprint density at radius 1 is 1.43 bits per heavy atom. The number of hydrogen-bond donors (Lipinski definition) is 1. The Hall–Kier alpha value is -0.570. The van der Waals surface area contributed by atoms with Crippen molar-refractivity contribution in [2.75, 3.05) is 6.67 Å². The number of nitrogens with zero attached hydrogens (tertiary/aromatic N) is 1. The predicted octanol–water partition coefficient (Wildman–Crippen LogP) is 1.10. The minimum Gasteiger partial charge on any atom is -0.323 e. The number of hydrogen-bond acceptors (Lipinski definition) is 2. The zero-order valence-corrected chi connectivity index (χ0v) is 8.97. The van der Waals surface area contributed by atoms with Crippen molar-refractivity contribution in [3.05, 3.63) is 0 Å². The van der Waals surface area contributed by atoms with Crippen LogP contribution in [0, 0.1) is 5.92 Å². The van der Waals surface area contributed by atoms with E-state index >= 15 is 0 Å². The zero-order valence-electron chi connectivity index (χ0n) is 8.97. The molecular weight excluding hydrogens is 176 g/mol. The van der Waals surface area contributed by atoms with Gasteiger partial charge in [-0.15, -0.1) is 0 Å². The van der Waals surface area contributed by atoms with E-state index in [2.05, 4.69) is 24.1 Å². The second-order valence-corrected chi connectivity index (χ2v) is 5.58. The van der Waals surface area contributed by atoms with Crippen LogP contribution in [0.5, 0.6) is 0 Å². The molecule has 3 heteroatoms. The third kappa shape index (κ3) is 0.991. The van der Waals surface area contributed by atoms with Crippen LogP contribution < -0.4 is 5.32 Å². The molecule has 1 N–H and O–H groups in total. The van der Waals surface area contributed by atoms with Crippen LogP contribution in [-0.4, -0.2) is 28.6 Å². The van der Waals surface area contributed by atoms with E-state index in [4.69, 9.17) is 0 Å². The molecule has 1 heterocycles. The van der Waals surface area contributed by atoms with Gasteiger partial charge in [-0.1, -0.05) is 0 Å². The van der Waals surface area contributed by atoms with Crippen LogP contribution in [0.4, 0.5) is 0 Å². The second-order valence-electron chi connectivity index (χ2n) is 5.58. The first-order valence-corrected chi connectivity index (χ1v) is 5.63. The highest BCUT2D eigenvalue weighted by Gasteiger charge is 2.59. The summed E-state index contributed by atoms with van der Waals surface area (Å²) < 4.78 is 0. The fraction of sp³-hybridized carbons (Fsp3) is 0.909. The molecule has 3 aliphatic rings. The van der Waals surface area contributed by atoms with Crippen LogP contribution in [0.25, 0.3) is 0 Å². The van der Waals surface area contributed by atoms with Gasteiger partial charge in [0, 0.05) is 5.54 Å². The smallest absolute Gasteiger partial charge is 0.244 e. The van der Waals surface area contributed by atoms with Gasteiger partial charge in [-0.05, 0) is 45.4 Å². The SMILES string of the molecule is CC(C)(C1CC1)N1CNC2(CC2)C1=O. The van der Waals surface area contributed by atoms with Crippen molar-refractivity contribution < 1.29 is 4.79 Å². The largest absolute Gasteiger partial charge is 0.323 e. The Morgan fingerprint density at radius 3 is 2.50 bits per heavy atom. The van der Waals surface area contributed by atoms with Gasteiger partial charge in [0.2, 0.25) is 5.91 Å². The highest BCUT2D eigenvalue weighted by Crippen LogP contribution is 2.48. The number of rotatable bonds is 2. The maximum Gasteiger partial charge on any atom is 0.244 e. The fourth-order valence-corrected chi connectivity index (χ4v) is 2.63. The van der Waals surface area contributed by atoms with Gasteiger partial charge < -0.3 is 4.90 Å². The van der Waals surface area contributed by atoms with E-state index in [0.29, 0.717) is 5.91 Å². The van der Waals surface area contributed by atoms with Crippen molar-refractivity contribution >= 4 is 5.91 Å². The van der Waals surface area contributed by atoms with Crippen molar-refractivity contribution in [3.63, 3.8) is 0 Å². The lowest BCUT2D eigenvalue weighted by Crippen LogP contribution is -2.48. The molecular formula is C11H18N2O. The van der Waals surface area contributed by atoms with Crippen molar-refractivity contribution in [3.8, 4) is 0 Å². The summed E-state index contributed by atoms with van der Waals surface area (Å²) in [5.74, 6) is 1.09. The average molecular weight is 194 g/mol. The van der Waals surface area contributed by atoms with Crippen molar-refractivity contribution in [1.29, 1.82) is 0 Å². The van der Waals surface area contributed by atoms with E-state index in [1.54, 1.807) is 0 Å². The van der Waals surface area contributed by atoms with Gasteiger partial charge in [-0.3, -0.25) is 10.1 Å². The van der Waals surface area contributed by atoms with E-state index in [-0.39, 0.29) is 11.1 Å². The highest BCUT2D eigenvalue weighted by atomic mass is 16.2. The minimum atomic E-state index is -0.119. The van der Waals surface area contributed by atoms with E-state index in [9.17, 15) is 4.79 Å². The molecule has 2 saturated carbocycles. The molecule has 0 aromatic carbocycles. The number of amides is 1. The van der Waals surface area contributed by atoms with Gasteiger partial charge in [0.15, 0.2) is 0 Å². The maximum absolute atomic E-state index is 12.1. The maximum atomic E-state index is 12.1. The molecule has 14 heavy (non-hydrogen) atoms. The first-order chi connectivity index (χ1) is 6.56. The minimum absolute atomic E-state index is 0.0795. The molecule has 0 aromatic heterocycles. The van der Waals surface area contributed by atoms with Crippen LogP contribution in [0.3, 0.4) is 0 Å². The summed E-state index contributed by atoms with van der Waals surface area (Å²) >= 11 is 0. The van der Waals surface area contributed by atoms with Gasteiger partial charge in [-0.25, -0.2) is 0 Å². The summed E-state index contributed by atoms with van der Waals surface area (Å²) in [6.07, 6.45) is 4.68. The molecule has 3 nitrogen and oxygen atoms in total. The summed E-state index contributed by atoms with van der Waals surface area (Å²) in [6.45, 7) is 5.19. The van der Waals surface area contributed by atoms with Crippen molar-refractivity contribution in [1.82, 2.24) is 10.2 Å². The molecule has 1 amide bonds. The molecule has 1 spiro atoms.